The zero-order chi connectivity index (χ0) is 12.4. The maximum Gasteiger partial charge on any atom is 0.125 e. The first-order valence-electron chi connectivity index (χ1n) is 6.24. The van der Waals surface area contributed by atoms with Crippen molar-refractivity contribution in [1.82, 2.24) is 0 Å². The quantitative estimate of drug-likeness (QED) is 0.894. The van der Waals surface area contributed by atoms with Crippen molar-refractivity contribution in [1.29, 1.82) is 0 Å². The SMILES string of the molecule is CCC(O)C(C)Cc1cc(Cl)cc2c1OCC2. The molecule has 0 saturated carbocycles. The zero-order valence-corrected chi connectivity index (χ0v) is 11.1. The van der Waals surface area contributed by atoms with E-state index < -0.39 is 0 Å². The monoisotopic (exact) mass is 254 g/mol. The van der Waals surface area contributed by atoms with Gasteiger partial charge >= 0.3 is 0 Å². The number of hydrogen-bond acceptors (Lipinski definition) is 2. The predicted octanol–water partition coefficient (Wildman–Crippen LogP) is 3.22. The van der Waals surface area contributed by atoms with Crippen molar-refractivity contribution in [2.24, 2.45) is 5.92 Å². The molecule has 1 aromatic carbocycles. The lowest BCUT2D eigenvalue weighted by molar-refractivity contribution is 0.112. The summed E-state index contributed by atoms with van der Waals surface area (Å²) in [5.74, 6) is 1.22. The van der Waals surface area contributed by atoms with Gasteiger partial charge in [0.25, 0.3) is 0 Å². The Morgan fingerprint density at radius 3 is 2.94 bits per heavy atom. The lowest BCUT2D eigenvalue weighted by Gasteiger charge is -2.18. The molecular weight excluding hydrogens is 236 g/mol. The molecule has 0 bridgehead atoms. The first-order valence-corrected chi connectivity index (χ1v) is 6.61. The van der Waals surface area contributed by atoms with Crippen LogP contribution in [0.4, 0.5) is 0 Å². The van der Waals surface area contributed by atoms with Gasteiger partial charge in [-0.25, -0.2) is 0 Å². The Labute approximate surface area is 108 Å². The second kappa shape index (κ2) is 5.28. The molecule has 1 aliphatic rings. The number of hydrogen-bond donors (Lipinski definition) is 1. The Bertz CT molecular complexity index is 403. The predicted molar refractivity (Wildman–Crippen MR) is 69.8 cm³/mol. The van der Waals surface area contributed by atoms with E-state index in [0.717, 1.165) is 42.2 Å². The molecule has 1 aromatic rings. The van der Waals surface area contributed by atoms with Crippen molar-refractivity contribution in [2.45, 2.75) is 39.2 Å². The topological polar surface area (TPSA) is 29.5 Å². The molecular formula is C14H19ClO2. The van der Waals surface area contributed by atoms with Crippen molar-refractivity contribution >= 4 is 11.6 Å². The van der Waals surface area contributed by atoms with Crippen molar-refractivity contribution in [3.8, 4) is 5.75 Å². The molecule has 0 amide bonds. The minimum Gasteiger partial charge on any atom is -0.493 e. The normalized spacial score (nSPS) is 17.4. The fourth-order valence-electron chi connectivity index (χ4n) is 2.38. The van der Waals surface area contributed by atoms with E-state index in [1.165, 1.54) is 5.56 Å². The van der Waals surface area contributed by atoms with Crippen LogP contribution < -0.4 is 4.74 Å². The Morgan fingerprint density at radius 2 is 2.24 bits per heavy atom. The van der Waals surface area contributed by atoms with E-state index in [0.29, 0.717) is 0 Å². The van der Waals surface area contributed by atoms with Gasteiger partial charge < -0.3 is 9.84 Å². The molecule has 2 rings (SSSR count). The van der Waals surface area contributed by atoms with Crippen LogP contribution in [0.25, 0.3) is 0 Å². The summed E-state index contributed by atoms with van der Waals surface area (Å²) in [7, 11) is 0. The van der Waals surface area contributed by atoms with Gasteiger partial charge in [-0.2, -0.15) is 0 Å². The fraction of sp³-hybridized carbons (Fsp3) is 0.571. The number of fused-ring (bicyclic) bond motifs is 1. The van der Waals surface area contributed by atoms with Gasteiger partial charge in [0, 0.05) is 11.4 Å². The van der Waals surface area contributed by atoms with Crippen LogP contribution in [0.5, 0.6) is 5.75 Å². The van der Waals surface area contributed by atoms with E-state index in [-0.39, 0.29) is 12.0 Å². The molecule has 0 aliphatic carbocycles. The van der Waals surface area contributed by atoms with Crippen LogP contribution in [0, 0.1) is 5.92 Å². The smallest absolute Gasteiger partial charge is 0.125 e. The second-order valence-corrected chi connectivity index (χ2v) is 5.25. The average molecular weight is 255 g/mol. The van der Waals surface area contributed by atoms with Crippen molar-refractivity contribution < 1.29 is 9.84 Å². The maximum atomic E-state index is 9.83. The summed E-state index contributed by atoms with van der Waals surface area (Å²) in [6.45, 7) is 4.81. The number of ether oxygens (including phenoxy) is 1. The van der Waals surface area contributed by atoms with Gasteiger partial charge in [-0.15, -0.1) is 0 Å². The highest BCUT2D eigenvalue weighted by molar-refractivity contribution is 6.30. The van der Waals surface area contributed by atoms with Gasteiger partial charge in [0.05, 0.1) is 12.7 Å². The minimum absolute atomic E-state index is 0.228. The molecule has 0 spiro atoms. The third-order valence-electron chi connectivity index (χ3n) is 3.44. The molecule has 0 aromatic heterocycles. The Hall–Kier alpha value is -0.730. The van der Waals surface area contributed by atoms with Gasteiger partial charge in [-0.3, -0.25) is 0 Å². The number of aliphatic hydroxyl groups excluding tert-OH is 1. The molecule has 0 radical (unpaired) electrons. The molecule has 2 nitrogen and oxygen atoms in total. The van der Waals surface area contributed by atoms with Crippen molar-refractivity contribution in [3.05, 3.63) is 28.3 Å². The molecule has 1 aliphatic heterocycles. The number of halogens is 1. The van der Waals surface area contributed by atoms with E-state index >= 15 is 0 Å². The summed E-state index contributed by atoms with van der Waals surface area (Å²) < 4.78 is 5.66. The average Bonchev–Trinajstić information content (AvgIpc) is 2.75. The summed E-state index contributed by atoms with van der Waals surface area (Å²) in [4.78, 5) is 0. The summed E-state index contributed by atoms with van der Waals surface area (Å²) in [5.41, 5.74) is 2.33. The van der Waals surface area contributed by atoms with Crippen LogP contribution in [0.2, 0.25) is 5.02 Å². The van der Waals surface area contributed by atoms with Crippen molar-refractivity contribution in [3.63, 3.8) is 0 Å². The molecule has 2 unspecified atom stereocenters. The third-order valence-corrected chi connectivity index (χ3v) is 3.66. The minimum atomic E-state index is -0.258. The molecule has 0 saturated heterocycles. The van der Waals surface area contributed by atoms with Crippen LogP contribution in [0.15, 0.2) is 12.1 Å². The van der Waals surface area contributed by atoms with E-state index in [1.807, 2.05) is 19.1 Å². The van der Waals surface area contributed by atoms with Crippen molar-refractivity contribution in [2.75, 3.05) is 6.61 Å². The van der Waals surface area contributed by atoms with Gasteiger partial charge in [0.15, 0.2) is 0 Å². The molecule has 94 valence electrons. The van der Waals surface area contributed by atoms with Crippen LogP contribution in [0.3, 0.4) is 0 Å². The number of rotatable bonds is 4. The largest absolute Gasteiger partial charge is 0.493 e. The van der Waals surface area contributed by atoms with Crippen LogP contribution in [0.1, 0.15) is 31.4 Å². The van der Waals surface area contributed by atoms with Gasteiger partial charge in [-0.1, -0.05) is 25.4 Å². The fourth-order valence-corrected chi connectivity index (χ4v) is 2.65. The lowest BCUT2D eigenvalue weighted by Crippen LogP contribution is -2.18. The van der Waals surface area contributed by atoms with E-state index in [9.17, 15) is 5.11 Å². The zero-order valence-electron chi connectivity index (χ0n) is 10.4. The standard InChI is InChI=1S/C14H19ClO2/c1-3-13(16)9(2)6-11-8-12(15)7-10-4-5-17-14(10)11/h7-9,13,16H,3-6H2,1-2H3. The van der Waals surface area contributed by atoms with Crippen LogP contribution in [-0.2, 0) is 12.8 Å². The molecule has 3 heteroatoms. The third kappa shape index (κ3) is 2.75. The van der Waals surface area contributed by atoms with Crippen LogP contribution in [-0.4, -0.2) is 17.8 Å². The lowest BCUT2D eigenvalue weighted by atomic mass is 9.93. The molecule has 0 fully saturated rings. The Balaban J connectivity index is 2.21. The van der Waals surface area contributed by atoms with E-state index in [4.69, 9.17) is 16.3 Å². The number of aliphatic hydroxyl groups is 1. The summed E-state index contributed by atoms with van der Waals surface area (Å²) in [6, 6.07) is 3.94. The second-order valence-electron chi connectivity index (χ2n) is 4.81. The van der Waals surface area contributed by atoms with Gasteiger partial charge in [-0.05, 0) is 42.0 Å². The highest BCUT2D eigenvalue weighted by atomic mass is 35.5. The van der Waals surface area contributed by atoms with E-state index in [1.54, 1.807) is 0 Å². The molecule has 1 N–H and O–H groups in total. The highest BCUT2D eigenvalue weighted by Crippen LogP contribution is 2.34. The number of benzene rings is 1. The Morgan fingerprint density at radius 1 is 1.47 bits per heavy atom. The maximum absolute atomic E-state index is 9.83. The highest BCUT2D eigenvalue weighted by Gasteiger charge is 2.21. The summed E-state index contributed by atoms with van der Waals surface area (Å²) in [6.07, 6.45) is 2.28. The van der Waals surface area contributed by atoms with Gasteiger partial charge in [0.1, 0.15) is 5.75 Å². The first-order chi connectivity index (χ1) is 8.11. The van der Waals surface area contributed by atoms with E-state index in [2.05, 4.69) is 6.92 Å². The van der Waals surface area contributed by atoms with Crippen LogP contribution >= 0.6 is 11.6 Å². The summed E-state index contributed by atoms with van der Waals surface area (Å²) >= 11 is 6.11. The molecule has 17 heavy (non-hydrogen) atoms. The molecule has 1 heterocycles. The first kappa shape index (κ1) is 12.7. The van der Waals surface area contributed by atoms with Gasteiger partial charge in [0.2, 0.25) is 0 Å². The molecule has 2 atom stereocenters. The summed E-state index contributed by atoms with van der Waals surface area (Å²) in [5, 5.41) is 10.6. The Kier molecular flexibility index (Phi) is 3.95.